The number of imide groups is 1. The van der Waals surface area contributed by atoms with Gasteiger partial charge in [-0.1, -0.05) is 12.1 Å². The molecule has 1 aromatic rings. The van der Waals surface area contributed by atoms with E-state index in [1.165, 1.54) is 0 Å². The van der Waals surface area contributed by atoms with E-state index in [-0.39, 0.29) is 23.8 Å². The summed E-state index contributed by atoms with van der Waals surface area (Å²) in [5, 5.41) is 5.71. The number of benzene rings is 1. The molecule has 2 unspecified atom stereocenters. The van der Waals surface area contributed by atoms with Crippen LogP contribution in [-0.4, -0.2) is 54.0 Å². The molecule has 3 aliphatic heterocycles. The van der Waals surface area contributed by atoms with Crippen LogP contribution in [0.5, 0.6) is 0 Å². The Labute approximate surface area is 157 Å². The number of carbonyl (C=O) groups excluding carboxylic acids is 3. The molecule has 0 aromatic heterocycles. The Balaban J connectivity index is 1.46. The molecule has 2 fully saturated rings. The highest BCUT2D eigenvalue weighted by Crippen LogP contribution is 2.29. The van der Waals surface area contributed by atoms with Gasteiger partial charge in [-0.3, -0.25) is 19.7 Å². The predicted octanol–water partition coefficient (Wildman–Crippen LogP) is -0.345. The Morgan fingerprint density at radius 1 is 1.33 bits per heavy atom. The molecule has 144 valence electrons. The van der Waals surface area contributed by atoms with E-state index in [1.807, 2.05) is 12.1 Å². The third kappa shape index (κ3) is 3.47. The van der Waals surface area contributed by atoms with Crippen molar-refractivity contribution >= 4 is 17.7 Å². The average molecular weight is 372 g/mol. The normalized spacial score (nSPS) is 27.8. The molecule has 4 N–H and O–H groups in total. The number of rotatable bonds is 5. The van der Waals surface area contributed by atoms with Crippen LogP contribution in [0.2, 0.25) is 0 Å². The smallest absolute Gasteiger partial charge is 0.255 e. The quantitative estimate of drug-likeness (QED) is 0.609. The van der Waals surface area contributed by atoms with Crippen molar-refractivity contribution in [3.63, 3.8) is 0 Å². The van der Waals surface area contributed by atoms with Crippen LogP contribution in [0.4, 0.5) is 0 Å². The van der Waals surface area contributed by atoms with Crippen molar-refractivity contribution in [2.75, 3.05) is 19.8 Å². The monoisotopic (exact) mass is 372 g/mol. The summed E-state index contributed by atoms with van der Waals surface area (Å²) >= 11 is 0. The van der Waals surface area contributed by atoms with Gasteiger partial charge < -0.3 is 20.7 Å². The highest BCUT2D eigenvalue weighted by atomic mass is 16.5. The Morgan fingerprint density at radius 3 is 2.93 bits per heavy atom. The molecule has 0 bridgehead atoms. The third-order valence-corrected chi connectivity index (χ3v) is 5.61. The van der Waals surface area contributed by atoms with Crippen molar-refractivity contribution < 1.29 is 19.1 Å². The number of fused-ring (bicyclic) bond motifs is 1. The number of nitrogens with two attached hydrogens (primary N) is 1. The second-order valence-electron chi connectivity index (χ2n) is 7.61. The minimum absolute atomic E-state index is 0.152. The Kier molecular flexibility index (Phi) is 4.71. The second kappa shape index (κ2) is 7.03. The molecule has 0 aliphatic carbocycles. The van der Waals surface area contributed by atoms with E-state index in [1.54, 1.807) is 11.0 Å². The lowest BCUT2D eigenvalue weighted by Crippen LogP contribution is -2.52. The molecule has 3 heterocycles. The van der Waals surface area contributed by atoms with Gasteiger partial charge in [0.25, 0.3) is 5.91 Å². The molecule has 27 heavy (non-hydrogen) atoms. The molecule has 0 spiro atoms. The zero-order valence-electron chi connectivity index (χ0n) is 15.1. The van der Waals surface area contributed by atoms with Crippen LogP contribution in [0.1, 0.15) is 40.7 Å². The first-order valence-electron chi connectivity index (χ1n) is 9.30. The summed E-state index contributed by atoms with van der Waals surface area (Å²) in [7, 11) is 0. The van der Waals surface area contributed by atoms with Crippen molar-refractivity contribution in [2.45, 2.75) is 43.9 Å². The van der Waals surface area contributed by atoms with Gasteiger partial charge in [-0.2, -0.15) is 0 Å². The van der Waals surface area contributed by atoms with Crippen LogP contribution in [0.25, 0.3) is 0 Å². The van der Waals surface area contributed by atoms with Crippen molar-refractivity contribution in [2.24, 2.45) is 5.73 Å². The molecule has 2 saturated heterocycles. The Bertz CT molecular complexity index is 788. The topological polar surface area (TPSA) is 114 Å². The number of nitrogens with zero attached hydrogens (tertiary/aromatic N) is 1. The molecule has 4 rings (SSSR count). The van der Waals surface area contributed by atoms with E-state index in [4.69, 9.17) is 10.5 Å². The van der Waals surface area contributed by atoms with Gasteiger partial charge >= 0.3 is 0 Å². The number of carbonyl (C=O) groups is 3. The van der Waals surface area contributed by atoms with Gasteiger partial charge in [-0.05, 0) is 30.0 Å². The van der Waals surface area contributed by atoms with Gasteiger partial charge in [0.1, 0.15) is 6.04 Å². The van der Waals surface area contributed by atoms with Gasteiger partial charge in [-0.25, -0.2) is 0 Å². The molecule has 3 aliphatic rings. The summed E-state index contributed by atoms with van der Waals surface area (Å²) in [6.07, 6.45) is 1.45. The van der Waals surface area contributed by atoms with Crippen LogP contribution in [0, 0.1) is 0 Å². The lowest BCUT2D eigenvalue weighted by molar-refractivity contribution is -0.136. The van der Waals surface area contributed by atoms with Gasteiger partial charge in [0.2, 0.25) is 11.8 Å². The fourth-order valence-electron chi connectivity index (χ4n) is 4.02. The summed E-state index contributed by atoms with van der Waals surface area (Å²) in [5.74, 6) is -0.823. The van der Waals surface area contributed by atoms with Crippen molar-refractivity contribution in [1.29, 1.82) is 0 Å². The molecular formula is C19H24N4O4. The van der Waals surface area contributed by atoms with Crippen molar-refractivity contribution in [3.8, 4) is 0 Å². The van der Waals surface area contributed by atoms with E-state index in [9.17, 15) is 14.4 Å². The molecule has 2 atom stereocenters. The summed E-state index contributed by atoms with van der Waals surface area (Å²) in [5.41, 5.74) is 8.54. The SMILES string of the molecule is NC1(CNCc2cccc3c2CN(C2CCC(=O)NC2=O)C3=O)CCOC1. The average Bonchev–Trinajstić information content (AvgIpc) is 3.20. The summed E-state index contributed by atoms with van der Waals surface area (Å²) < 4.78 is 5.37. The first-order chi connectivity index (χ1) is 13.0. The molecular weight excluding hydrogens is 348 g/mol. The number of amides is 3. The Hall–Kier alpha value is -2.29. The van der Waals surface area contributed by atoms with Gasteiger partial charge in [-0.15, -0.1) is 0 Å². The molecule has 0 radical (unpaired) electrons. The van der Waals surface area contributed by atoms with Gasteiger partial charge in [0.05, 0.1) is 12.1 Å². The summed E-state index contributed by atoms with van der Waals surface area (Å²) in [4.78, 5) is 37.9. The fourth-order valence-corrected chi connectivity index (χ4v) is 4.02. The van der Waals surface area contributed by atoms with E-state index in [0.717, 1.165) is 17.5 Å². The summed E-state index contributed by atoms with van der Waals surface area (Å²) in [6.45, 7) is 2.86. The second-order valence-corrected chi connectivity index (χ2v) is 7.61. The number of ether oxygens (including phenoxy) is 1. The van der Waals surface area contributed by atoms with E-state index >= 15 is 0 Å². The largest absolute Gasteiger partial charge is 0.379 e. The van der Waals surface area contributed by atoms with Crippen LogP contribution in [0.15, 0.2) is 18.2 Å². The molecule has 0 saturated carbocycles. The zero-order chi connectivity index (χ0) is 19.0. The van der Waals surface area contributed by atoms with Gasteiger partial charge in [0, 0.05) is 38.2 Å². The van der Waals surface area contributed by atoms with Crippen molar-refractivity contribution in [3.05, 3.63) is 34.9 Å². The summed E-state index contributed by atoms with van der Waals surface area (Å²) in [6, 6.07) is 5.05. The molecule has 8 heteroatoms. The first-order valence-corrected chi connectivity index (χ1v) is 9.30. The molecule has 3 amide bonds. The number of piperidine rings is 1. The fraction of sp³-hybridized carbons (Fsp3) is 0.526. The maximum atomic E-state index is 12.8. The number of nitrogens with one attached hydrogen (secondary N) is 2. The van der Waals surface area contributed by atoms with Crippen LogP contribution < -0.4 is 16.4 Å². The first kappa shape index (κ1) is 18.1. The number of hydrogen-bond acceptors (Lipinski definition) is 6. The minimum Gasteiger partial charge on any atom is -0.379 e. The third-order valence-electron chi connectivity index (χ3n) is 5.61. The van der Waals surface area contributed by atoms with Crippen LogP contribution in [-0.2, 0) is 27.4 Å². The van der Waals surface area contributed by atoms with Crippen LogP contribution >= 0.6 is 0 Å². The van der Waals surface area contributed by atoms with Crippen LogP contribution in [0.3, 0.4) is 0 Å². The minimum atomic E-state index is -0.591. The van der Waals surface area contributed by atoms with E-state index in [2.05, 4.69) is 10.6 Å². The molecule has 1 aromatic carbocycles. The highest BCUT2D eigenvalue weighted by molar-refractivity contribution is 6.05. The maximum absolute atomic E-state index is 12.8. The Morgan fingerprint density at radius 2 is 2.19 bits per heavy atom. The zero-order valence-corrected chi connectivity index (χ0v) is 15.1. The number of hydrogen-bond donors (Lipinski definition) is 3. The predicted molar refractivity (Wildman–Crippen MR) is 96.5 cm³/mol. The standard InChI is InChI=1S/C19H24N4O4/c20-19(6-7-27-11-19)10-21-8-12-2-1-3-13-14(12)9-23(18(13)26)15-4-5-16(24)22-17(15)25/h1-3,15,21H,4-11,20H2,(H,22,24,25). The molecule has 8 nitrogen and oxygen atoms in total. The van der Waals surface area contributed by atoms with E-state index in [0.29, 0.717) is 44.8 Å². The highest BCUT2D eigenvalue weighted by Gasteiger charge is 2.39. The van der Waals surface area contributed by atoms with Gasteiger partial charge in [0.15, 0.2) is 0 Å². The maximum Gasteiger partial charge on any atom is 0.255 e. The lowest BCUT2D eigenvalue weighted by atomic mass is 9.99. The van der Waals surface area contributed by atoms with Crippen molar-refractivity contribution in [1.82, 2.24) is 15.5 Å². The lowest BCUT2D eigenvalue weighted by Gasteiger charge is -2.29. The van der Waals surface area contributed by atoms with E-state index < -0.39 is 11.9 Å².